The SMILES string of the molecule is Cc1noc(C)c1CC(=O)N1CCCn2ccnc2C1C1CCCC1. The Bertz CT molecular complexity index is 738. The first-order valence-corrected chi connectivity index (χ1v) is 9.37. The maximum Gasteiger partial charge on any atom is 0.227 e. The number of fused-ring (bicyclic) bond motifs is 1. The Hall–Kier alpha value is -2.11. The first kappa shape index (κ1) is 16.4. The molecule has 2 aromatic heterocycles. The van der Waals surface area contributed by atoms with Crippen molar-refractivity contribution < 1.29 is 9.32 Å². The number of hydrogen-bond acceptors (Lipinski definition) is 4. The minimum absolute atomic E-state index is 0.105. The van der Waals surface area contributed by atoms with E-state index in [2.05, 4.69) is 25.8 Å². The van der Waals surface area contributed by atoms with Crippen LogP contribution in [0.15, 0.2) is 16.9 Å². The Balaban J connectivity index is 1.65. The van der Waals surface area contributed by atoms with E-state index < -0.39 is 0 Å². The predicted octanol–water partition coefficient (Wildman–Crippen LogP) is 3.19. The van der Waals surface area contributed by atoms with Crippen LogP contribution in [0.4, 0.5) is 0 Å². The molecule has 1 fully saturated rings. The number of carbonyl (C=O) groups excluding carboxylic acids is 1. The van der Waals surface area contributed by atoms with Crippen molar-refractivity contribution in [2.75, 3.05) is 6.54 Å². The minimum Gasteiger partial charge on any atom is -0.361 e. The first-order chi connectivity index (χ1) is 12.1. The van der Waals surface area contributed by atoms with Crippen LogP contribution in [0.1, 0.15) is 61.0 Å². The van der Waals surface area contributed by atoms with Gasteiger partial charge in [0.15, 0.2) is 0 Å². The van der Waals surface area contributed by atoms with Crippen molar-refractivity contribution in [3.63, 3.8) is 0 Å². The lowest BCUT2D eigenvalue weighted by atomic mass is 9.95. The Morgan fingerprint density at radius 3 is 2.76 bits per heavy atom. The third kappa shape index (κ3) is 2.98. The van der Waals surface area contributed by atoms with Gasteiger partial charge in [-0.05, 0) is 39.0 Å². The number of hydrogen-bond donors (Lipinski definition) is 0. The summed E-state index contributed by atoms with van der Waals surface area (Å²) in [5, 5.41) is 3.99. The summed E-state index contributed by atoms with van der Waals surface area (Å²) in [6.45, 7) is 5.52. The molecule has 2 aromatic rings. The molecule has 0 aromatic carbocycles. The van der Waals surface area contributed by atoms with Crippen LogP contribution >= 0.6 is 0 Å². The maximum absolute atomic E-state index is 13.2. The molecular formula is C19H26N4O2. The van der Waals surface area contributed by atoms with Gasteiger partial charge in [0, 0.05) is 31.0 Å². The smallest absolute Gasteiger partial charge is 0.227 e. The highest BCUT2D eigenvalue weighted by Crippen LogP contribution is 2.40. The second-order valence-corrected chi connectivity index (χ2v) is 7.39. The van der Waals surface area contributed by atoms with Crippen molar-refractivity contribution in [1.82, 2.24) is 19.6 Å². The summed E-state index contributed by atoms with van der Waals surface area (Å²) in [6.07, 6.45) is 10.2. The van der Waals surface area contributed by atoms with Crippen LogP contribution in [0, 0.1) is 19.8 Å². The highest BCUT2D eigenvalue weighted by Gasteiger charge is 2.37. The molecule has 6 nitrogen and oxygen atoms in total. The van der Waals surface area contributed by atoms with E-state index in [4.69, 9.17) is 4.52 Å². The maximum atomic E-state index is 13.2. The lowest BCUT2D eigenvalue weighted by Gasteiger charge is -2.33. The average Bonchev–Trinajstić information content (AvgIpc) is 3.32. The predicted molar refractivity (Wildman–Crippen MR) is 92.9 cm³/mol. The van der Waals surface area contributed by atoms with Crippen molar-refractivity contribution in [1.29, 1.82) is 0 Å². The standard InChI is InChI=1S/C19H26N4O2/c1-13-16(14(2)25-21-13)12-17(24)23-10-5-9-22-11-8-20-19(22)18(23)15-6-3-4-7-15/h8,11,15,18H,3-7,9-10,12H2,1-2H3. The van der Waals surface area contributed by atoms with Gasteiger partial charge in [-0.2, -0.15) is 0 Å². The van der Waals surface area contributed by atoms with E-state index in [-0.39, 0.29) is 11.9 Å². The Labute approximate surface area is 148 Å². The molecule has 0 bridgehead atoms. The van der Waals surface area contributed by atoms with Crippen LogP contribution in [0.25, 0.3) is 0 Å². The molecule has 4 rings (SSSR count). The molecule has 1 atom stereocenters. The van der Waals surface area contributed by atoms with Gasteiger partial charge in [0.25, 0.3) is 0 Å². The van der Waals surface area contributed by atoms with Crippen LogP contribution in [-0.2, 0) is 17.8 Å². The topological polar surface area (TPSA) is 64.2 Å². The van der Waals surface area contributed by atoms with Gasteiger partial charge in [-0.25, -0.2) is 4.98 Å². The third-order valence-electron chi connectivity index (χ3n) is 5.82. The molecule has 0 spiro atoms. The summed E-state index contributed by atoms with van der Waals surface area (Å²) in [4.78, 5) is 20.0. The van der Waals surface area contributed by atoms with Gasteiger partial charge >= 0.3 is 0 Å². The summed E-state index contributed by atoms with van der Waals surface area (Å²) in [6, 6.07) is 0.105. The number of nitrogens with zero attached hydrogens (tertiary/aromatic N) is 4. The molecule has 0 radical (unpaired) electrons. The number of imidazole rings is 1. The van der Waals surface area contributed by atoms with E-state index in [1.54, 1.807) is 0 Å². The van der Waals surface area contributed by atoms with E-state index in [0.717, 1.165) is 42.4 Å². The fraction of sp³-hybridized carbons (Fsp3) is 0.632. The van der Waals surface area contributed by atoms with Crippen molar-refractivity contribution in [2.45, 2.75) is 65.0 Å². The van der Waals surface area contributed by atoms with Crippen molar-refractivity contribution in [3.05, 3.63) is 35.2 Å². The van der Waals surface area contributed by atoms with Crippen molar-refractivity contribution in [2.24, 2.45) is 5.92 Å². The summed E-state index contributed by atoms with van der Waals surface area (Å²) < 4.78 is 7.48. The monoisotopic (exact) mass is 342 g/mol. The molecule has 2 aliphatic rings. The van der Waals surface area contributed by atoms with E-state index in [0.29, 0.717) is 12.3 Å². The van der Waals surface area contributed by atoms with Gasteiger partial charge in [-0.3, -0.25) is 4.79 Å². The molecule has 1 saturated carbocycles. The molecule has 0 N–H and O–H groups in total. The van der Waals surface area contributed by atoms with Crippen LogP contribution < -0.4 is 0 Å². The van der Waals surface area contributed by atoms with E-state index in [1.165, 1.54) is 25.7 Å². The van der Waals surface area contributed by atoms with E-state index in [1.807, 2.05) is 20.0 Å². The number of amides is 1. The molecule has 0 saturated heterocycles. The highest BCUT2D eigenvalue weighted by molar-refractivity contribution is 5.79. The lowest BCUT2D eigenvalue weighted by molar-refractivity contribution is -0.134. The van der Waals surface area contributed by atoms with Gasteiger partial charge in [0.05, 0.1) is 18.2 Å². The third-order valence-corrected chi connectivity index (χ3v) is 5.82. The number of aromatic nitrogens is 3. The summed E-state index contributed by atoms with van der Waals surface area (Å²) >= 11 is 0. The van der Waals surface area contributed by atoms with Crippen LogP contribution in [0.3, 0.4) is 0 Å². The normalized spacial score (nSPS) is 21.4. The van der Waals surface area contributed by atoms with Gasteiger partial charge in [-0.15, -0.1) is 0 Å². The van der Waals surface area contributed by atoms with Gasteiger partial charge < -0.3 is 14.0 Å². The Morgan fingerprint density at radius 1 is 1.24 bits per heavy atom. The summed E-state index contributed by atoms with van der Waals surface area (Å²) in [5.74, 6) is 2.51. The molecule has 1 aliphatic heterocycles. The molecule has 134 valence electrons. The number of rotatable bonds is 3. The second-order valence-electron chi connectivity index (χ2n) is 7.39. The average molecular weight is 342 g/mol. The summed E-state index contributed by atoms with van der Waals surface area (Å²) in [5.41, 5.74) is 1.75. The molecule has 1 unspecified atom stereocenters. The van der Waals surface area contributed by atoms with Crippen molar-refractivity contribution >= 4 is 5.91 Å². The molecule has 1 aliphatic carbocycles. The zero-order valence-electron chi connectivity index (χ0n) is 15.1. The van der Waals surface area contributed by atoms with E-state index in [9.17, 15) is 4.79 Å². The van der Waals surface area contributed by atoms with Crippen LogP contribution in [-0.4, -0.2) is 32.1 Å². The van der Waals surface area contributed by atoms with Gasteiger partial charge in [0.1, 0.15) is 11.6 Å². The second kappa shape index (κ2) is 6.65. The van der Waals surface area contributed by atoms with Crippen LogP contribution in [0.5, 0.6) is 0 Å². The van der Waals surface area contributed by atoms with Gasteiger partial charge in [-0.1, -0.05) is 18.0 Å². The fourth-order valence-corrected chi connectivity index (χ4v) is 4.49. The Kier molecular flexibility index (Phi) is 4.36. The molecule has 25 heavy (non-hydrogen) atoms. The Morgan fingerprint density at radius 2 is 2.04 bits per heavy atom. The fourth-order valence-electron chi connectivity index (χ4n) is 4.49. The quantitative estimate of drug-likeness (QED) is 0.859. The number of aryl methyl sites for hydroxylation is 3. The van der Waals surface area contributed by atoms with Crippen LogP contribution in [0.2, 0.25) is 0 Å². The largest absolute Gasteiger partial charge is 0.361 e. The zero-order chi connectivity index (χ0) is 17.4. The minimum atomic E-state index is 0.105. The number of carbonyl (C=O) groups is 1. The molecule has 3 heterocycles. The molecule has 6 heteroatoms. The molecular weight excluding hydrogens is 316 g/mol. The van der Waals surface area contributed by atoms with Crippen molar-refractivity contribution in [3.8, 4) is 0 Å². The van der Waals surface area contributed by atoms with E-state index >= 15 is 0 Å². The lowest BCUT2D eigenvalue weighted by Crippen LogP contribution is -2.39. The molecule has 1 amide bonds. The van der Waals surface area contributed by atoms with Gasteiger partial charge in [0.2, 0.25) is 5.91 Å². The summed E-state index contributed by atoms with van der Waals surface area (Å²) in [7, 11) is 0. The zero-order valence-corrected chi connectivity index (χ0v) is 15.1. The highest BCUT2D eigenvalue weighted by atomic mass is 16.5. The first-order valence-electron chi connectivity index (χ1n) is 9.37.